The molecule has 1 unspecified atom stereocenters. The minimum absolute atomic E-state index is 0.223. The van der Waals surface area contributed by atoms with Crippen LogP contribution in [0.2, 0.25) is 0 Å². The summed E-state index contributed by atoms with van der Waals surface area (Å²) in [6, 6.07) is 20.0. The molecular formula is C22H17F3N2O. The van der Waals surface area contributed by atoms with E-state index in [1.807, 2.05) is 60.0 Å². The summed E-state index contributed by atoms with van der Waals surface area (Å²) in [6.07, 6.45) is -5.66. The van der Waals surface area contributed by atoms with Crippen LogP contribution in [0.25, 0.3) is 27.8 Å². The number of aryl methyl sites for hydroxylation is 1. The Bertz CT molecular complexity index is 1150. The van der Waals surface area contributed by atoms with Crippen LogP contribution in [-0.2, 0) is 0 Å². The maximum atomic E-state index is 12.8. The molecule has 0 radical (unpaired) electrons. The maximum absolute atomic E-state index is 12.8. The molecule has 6 heteroatoms. The van der Waals surface area contributed by atoms with E-state index in [0.29, 0.717) is 11.0 Å². The van der Waals surface area contributed by atoms with Crippen LogP contribution in [0.1, 0.15) is 17.2 Å². The summed E-state index contributed by atoms with van der Waals surface area (Å²) < 4.78 is 40.1. The Balaban J connectivity index is 1.76. The predicted octanol–water partition coefficient (Wildman–Crippen LogP) is 5.60. The molecule has 0 saturated heterocycles. The Kier molecular flexibility index (Phi) is 4.43. The molecule has 3 nitrogen and oxygen atoms in total. The Morgan fingerprint density at radius 2 is 1.75 bits per heavy atom. The minimum atomic E-state index is -4.71. The molecule has 3 aromatic carbocycles. The lowest BCUT2D eigenvalue weighted by molar-refractivity contribution is -0.206. The number of aliphatic hydroxyl groups excluding tert-OH is 1. The van der Waals surface area contributed by atoms with Gasteiger partial charge in [0.15, 0.2) is 6.10 Å². The van der Waals surface area contributed by atoms with E-state index >= 15 is 0 Å². The number of imidazole rings is 1. The van der Waals surface area contributed by atoms with Gasteiger partial charge in [-0.05, 0) is 53.4 Å². The first-order valence-corrected chi connectivity index (χ1v) is 8.73. The summed E-state index contributed by atoms with van der Waals surface area (Å²) in [5.41, 5.74) is 5.00. The number of hydrogen-bond acceptors (Lipinski definition) is 2. The first kappa shape index (κ1) is 18.3. The number of benzene rings is 3. The van der Waals surface area contributed by atoms with Gasteiger partial charge < -0.3 is 5.11 Å². The van der Waals surface area contributed by atoms with Crippen LogP contribution in [-0.4, -0.2) is 20.8 Å². The number of halogens is 3. The lowest BCUT2D eigenvalue weighted by Gasteiger charge is -2.14. The van der Waals surface area contributed by atoms with Gasteiger partial charge >= 0.3 is 6.18 Å². The number of alkyl halides is 3. The largest absolute Gasteiger partial charge is 0.418 e. The summed E-state index contributed by atoms with van der Waals surface area (Å²) in [7, 11) is 0. The zero-order valence-electron chi connectivity index (χ0n) is 15.0. The molecule has 0 spiro atoms. The van der Waals surface area contributed by atoms with Crippen molar-refractivity contribution in [2.24, 2.45) is 0 Å². The summed E-state index contributed by atoms with van der Waals surface area (Å²) in [5, 5.41) is 9.47. The molecule has 0 fully saturated rings. The number of aliphatic hydroxyl groups is 1. The molecule has 1 atom stereocenters. The number of hydrogen-bond donors (Lipinski definition) is 1. The fraction of sp³-hybridized carbons (Fsp3) is 0.136. The lowest BCUT2D eigenvalue weighted by atomic mass is 10.0. The highest BCUT2D eigenvalue weighted by Crippen LogP contribution is 2.34. The first-order chi connectivity index (χ1) is 13.3. The number of nitrogens with zero attached hydrogens (tertiary/aromatic N) is 2. The van der Waals surface area contributed by atoms with Gasteiger partial charge in [-0.25, -0.2) is 4.98 Å². The number of fused-ring (bicyclic) bond motifs is 1. The van der Waals surface area contributed by atoms with Crippen LogP contribution in [0.15, 0.2) is 73.1 Å². The van der Waals surface area contributed by atoms with Crippen molar-refractivity contribution in [1.82, 2.24) is 9.55 Å². The molecule has 1 N–H and O–H groups in total. The Labute approximate surface area is 159 Å². The van der Waals surface area contributed by atoms with Crippen LogP contribution in [0.4, 0.5) is 13.2 Å². The van der Waals surface area contributed by atoms with Crippen molar-refractivity contribution in [3.63, 3.8) is 0 Å². The molecule has 0 aliphatic carbocycles. The third-order valence-corrected chi connectivity index (χ3v) is 4.78. The molecule has 0 aliphatic heterocycles. The third kappa shape index (κ3) is 3.27. The molecule has 1 aromatic heterocycles. The zero-order valence-corrected chi connectivity index (χ0v) is 15.0. The second kappa shape index (κ2) is 6.80. The molecule has 1 heterocycles. The van der Waals surface area contributed by atoms with Crippen LogP contribution in [0.5, 0.6) is 0 Å². The third-order valence-electron chi connectivity index (χ3n) is 4.78. The highest BCUT2D eigenvalue weighted by Gasteiger charge is 2.39. The number of rotatable bonds is 3. The Hall–Kier alpha value is -3.12. The molecule has 4 aromatic rings. The van der Waals surface area contributed by atoms with Gasteiger partial charge in [0.05, 0.1) is 11.0 Å². The zero-order chi connectivity index (χ0) is 19.9. The van der Waals surface area contributed by atoms with E-state index in [1.165, 1.54) is 12.1 Å². The summed E-state index contributed by atoms with van der Waals surface area (Å²) >= 11 is 0. The van der Waals surface area contributed by atoms with E-state index in [-0.39, 0.29) is 5.56 Å². The van der Waals surface area contributed by atoms with Gasteiger partial charge in [0.25, 0.3) is 0 Å². The lowest BCUT2D eigenvalue weighted by Crippen LogP contribution is -2.20. The quantitative estimate of drug-likeness (QED) is 0.501. The van der Waals surface area contributed by atoms with E-state index in [2.05, 4.69) is 4.98 Å². The minimum Gasteiger partial charge on any atom is -0.379 e. The van der Waals surface area contributed by atoms with Gasteiger partial charge in [0.1, 0.15) is 6.33 Å². The topological polar surface area (TPSA) is 38.0 Å². The van der Waals surface area contributed by atoms with Gasteiger partial charge in [-0.15, -0.1) is 0 Å². The summed E-state index contributed by atoms with van der Waals surface area (Å²) in [4.78, 5) is 4.22. The molecular weight excluding hydrogens is 365 g/mol. The second-order valence-corrected chi connectivity index (χ2v) is 6.67. The van der Waals surface area contributed by atoms with Crippen LogP contribution < -0.4 is 0 Å². The summed E-state index contributed by atoms with van der Waals surface area (Å²) in [6.45, 7) is 2.04. The van der Waals surface area contributed by atoms with E-state index in [4.69, 9.17) is 0 Å². The smallest absolute Gasteiger partial charge is 0.379 e. The van der Waals surface area contributed by atoms with Gasteiger partial charge in [-0.1, -0.05) is 42.5 Å². The van der Waals surface area contributed by atoms with Crippen LogP contribution >= 0.6 is 0 Å². The molecule has 0 aliphatic rings. The fourth-order valence-corrected chi connectivity index (χ4v) is 3.31. The Morgan fingerprint density at radius 3 is 2.50 bits per heavy atom. The summed E-state index contributed by atoms with van der Waals surface area (Å²) in [5.74, 6) is 0. The highest BCUT2D eigenvalue weighted by atomic mass is 19.4. The average Bonchev–Trinajstić information content (AvgIpc) is 3.10. The molecule has 142 valence electrons. The van der Waals surface area contributed by atoms with Crippen LogP contribution in [0.3, 0.4) is 0 Å². The van der Waals surface area contributed by atoms with Gasteiger partial charge in [0.2, 0.25) is 0 Å². The van der Waals surface area contributed by atoms with Crippen molar-refractivity contribution < 1.29 is 18.3 Å². The molecule has 4 rings (SSSR count). The van der Waals surface area contributed by atoms with Crippen molar-refractivity contribution in [2.75, 3.05) is 0 Å². The standard InChI is InChI=1S/C22H17F3N2O/c1-14-5-2-3-8-18(14)15-6-4-7-17(11-15)27-13-26-19-12-16(9-10-20(19)27)21(28)22(23,24)25/h2-13,21,28H,1H3. The van der Waals surface area contributed by atoms with E-state index in [1.54, 1.807) is 12.4 Å². The predicted molar refractivity (Wildman–Crippen MR) is 102 cm³/mol. The van der Waals surface area contributed by atoms with Gasteiger partial charge in [-0.3, -0.25) is 4.57 Å². The van der Waals surface area contributed by atoms with Crippen molar-refractivity contribution in [2.45, 2.75) is 19.2 Å². The van der Waals surface area contributed by atoms with E-state index in [0.717, 1.165) is 22.4 Å². The molecule has 28 heavy (non-hydrogen) atoms. The van der Waals surface area contributed by atoms with Crippen LogP contribution in [0, 0.1) is 6.92 Å². The van der Waals surface area contributed by atoms with Crippen molar-refractivity contribution >= 4 is 11.0 Å². The van der Waals surface area contributed by atoms with Crippen molar-refractivity contribution in [3.05, 3.63) is 84.2 Å². The first-order valence-electron chi connectivity index (χ1n) is 8.73. The second-order valence-electron chi connectivity index (χ2n) is 6.67. The SMILES string of the molecule is Cc1ccccc1-c1cccc(-n2cnc3cc(C(O)C(F)(F)F)ccc32)c1. The Morgan fingerprint density at radius 1 is 0.964 bits per heavy atom. The van der Waals surface area contributed by atoms with E-state index in [9.17, 15) is 18.3 Å². The van der Waals surface area contributed by atoms with Gasteiger partial charge in [-0.2, -0.15) is 13.2 Å². The maximum Gasteiger partial charge on any atom is 0.418 e. The molecule has 0 amide bonds. The van der Waals surface area contributed by atoms with Crippen molar-refractivity contribution in [1.29, 1.82) is 0 Å². The molecule has 0 bridgehead atoms. The average molecular weight is 382 g/mol. The fourth-order valence-electron chi connectivity index (χ4n) is 3.31. The van der Waals surface area contributed by atoms with E-state index < -0.39 is 12.3 Å². The van der Waals surface area contributed by atoms with Gasteiger partial charge in [0, 0.05) is 5.69 Å². The number of aromatic nitrogens is 2. The molecule has 0 saturated carbocycles. The monoisotopic (exact) mass is 382 g/mol. The normalized spacial score (nSPS) is 13.0. The highest BCUT2D eigenvalue weighted by molar-refractivity contribution is 5.79. The van der Waals surface area contributed by atoms with Crippen molar-refractivity contribution in [3.8, 4) is 16.8 Å².